The second kappa shape index (κ2) is 5.23. The molecule has 0 atom stereocenters. The number of likely N-dealkylation sites (N-methyl/N-ethyl adjacent to an activating group) is 2. The molecule has 1 N–H and O–H groups in total. The van der Waals surface area contributed by atoms with Crippen molar-refractivity contribution in [3.63, 3.8) is 0 Å². The lowest BCUT2D eigenvalue weighted by atomic mass is 10.0. The molecule has 0 aliphatic carbocycles. The zero-order valence-corrected chi connectivity index (χ0v) is 11.8. The van der Waals surface area contributed by atoms with E-state index in [1.165, 1.54) is 6.07 Å². The Balaban J connectivity index is 3.12. The van der Waals surface area contributed by atoms with Crippen molar-refractivity contribution in [2.75, 3.05) is 25.5 Å². The molecule has 0 spiro atoms. The minimum Gasteiger partial charge on any atom is -0.367 e. The normalized spacial score (nSPS) is 11.7. The SMILES string of the molecule is CNCC(C)(C)N(C)c1cc(F)c(C)cc1Cl. The number of aryl methyl sites for hydroxylation is 1. The molecule has 0 fully saturated rings. The maximum atomic E-state index is 13.6. The number of hydrogen-bond acceptors (Lipinski definition) is 2. The number of rotatable bonds is 4. The smallest absolute Gasteiger partial charge is 0.128 e. The van der Waals surface area contributed by atoms with E-state index >= 15 is 0 Å². The predicted octanol–water partition coefficient (Wildman–Crippen LogP) is 3.22. The molecule has 1 aromatic rings. The van der Waals surface area contributed by atoms with Gasteiger partial charge in [-0.2, -0.15) is 0 Å². The van der Waals surface area contributed by atoms with E-state index in [4.69, 9.17) is 11.6 Å². The van der Waals surface area contributed by atoms with Crippen LogP contribution in [0.3, 0.4) is 0 Å². The second-order valence-corrected chi connectivity index (χ2v) is 5.36. The van der Waals surface area contributed by atoms with Crippen LogP contribution in [0.5, 0.6) is 0 Å². The molecule has 0 heterocycles. The minimum atomic E-state index is -0.225. The second-order valence-electron chi connectivity index (χ2n) is 4.95. The standard InChI is InChI=1S/C13H20ClFN2/c1-9-6-10(14)12(7-11(9)15)17(5)13(2,3)8-16-4/h6-7,16H,8H2,1-5H3. The Labute approximate surface area is 108 Å². The Kier molecular flexibility index (Phi) is 4.39. The topological polar surface area (TPSA) is 15.3 Å². The number of hydrogen-bond donors (Lipinski definition) is 1. The number of anilines is 1. The highest BCUT2D eigenvalue weighted by atomic mass is 35.5. The van der Waals surface area contributed by atoms with Gasteiger partial charge in [-0.05, 0) is 45.5 Å². The highest BCUT2D eigenvalue weighted by Gasteiger charge is 2.25. The Morgan fingerprint density at radius 2 is 2.00 bits per heavy atom. The maximum Gasteiger partial charge on any atom is 0.128 e. The monoisotopic (exact) mass is 258 g/mol. The Bertz CT molecular complexity index is 405. The van der Waals surface area contributed by atoms with Gasteiger partial charge in [0.25, 0.3) is 0 Å². The van der Waals surface area contributed by atoms with Gasteiger partial charge < -0.3 is 10.2 Å². The fourth-order valence-electron chi connectivity index (χ4n) is 1.77. The van der Waals surface area contributed by atoms with E-state index in [9.17, 15) is 4.39 Å². The molecule has 0 aliphatic rings. The average Bonchev–Trinajstić information content (AvgIpc) is 2.22. The number of benzene rings is 1. The molecule has 0 aromatic heterocycles. The average molecular weight is 259 g/mol. The van der Waals surface area contributed by atoms with Gasteiger partial charge in [0, 0.05) is 19.1 Å². The summed E-state index contributed by atoms with van der Waals surface area (Å²) in [6, 6.07) is 3.16. The van der Waals surface area contributed by atoms with Crippen LogP contribution >= 0.6 is 11.6 Å². The van der Waals surface area contributed by atoms with Crippen molar-refractivity contribution >= 4 is 17.3 Å². The van der Waals surface area contributed by atoms with E-state index in [1.807, 2.05) is 19.0 Å². The van der Waals surface area contributed by atoms with Gasteiger partial charge in [-0.3, -0.25) is 0 Å². The zero-order chi connectivity index (χ0) is 13.2. The fraction of sp³-hybridized carbons (Fsp3) is 0.538. The van der Waals surface area contributed by atoms with Crippen LogP contribution in [0.1, 0.15) is 19.4 Å². The summed E-state index contributed by atoms with van der Waals surface area (Å²) in [4.78, 5) is 1.99. The lowest BCUT2D eigenvalue weighted by Crippen LogP contribution is -2.48. The van der Waals surface area contributed by atoms with E-state index < -0.39 is 0 Å². The molecule has 96 valence electrons. The molecular formula is C13H20ClFN2. The van der Waals surface area contributed by atoms with Crippen molar-refractivity contribution in [3.8, 4) is 0 Å². The van der Waals surface area contributed by atoms with Crippen LogP contribution in [-0.2, 0) is 0 Å². The summed E-state index contributed by atoms with van der Waals surface area (Å²) < 4.78 is 13.6. The van der Waals surface area contributed by atoms with Gasteiger partial charge in [-0.15, -0.1) is 0 Å². The van der Waals surface area contributed by atoms with E-state index in [0.717, 1.165) is 12.2 Å². The summed E-state index contributed by atoms with van der Waals surface area (Å²) in [6.45, 7) is 6.66. The summed E-state index contributed by atoms with van der Waals surface area (Å²) in [7, 11) is 3.82. The van der Waals surface area contributed by atoms with Gasteiger partial charge >= 0.3 is 0 Å². The van der Waals surface area contributed by atoms with E-state index in [0.29, 0.717) is 10.6 Å². The first kappa shape index (κ1) is 14.3. The van der Waals surface area contributed by atoms with E-state index in [1.54, 1.807) is 13.0 Å². The van der Waals surface area contributed by atoms with Gasteiger partial charge in [0.05, 0.1) is 10.7 Å². The van der Waals surface area contributed by atoms with Crippen molar-refractivity contribution in [1.82, 2.24) is 5.32 Å². The molecule has 0 bridgehead atoms. The van der Waals surface area contributed by atoms with Crippen LogP contribution < -0.4 is 10.2 Å². The van der Waals surface area contributed by atoms with E-state index in [-0.39, 0.29) is 11.4 Å². The molecule has 0 saturated heterocycles. The lowest BCUT2D eigenvalue weighted by molar-refractivity contribution is 0.462. The van der Waals surface area contributed by atoms with Gasteiger partial charge in [0.1, 0.15) is 5.82 Å². The van der Waals surface area contributed by atoms with Gasteiger partial charge in [0.2, 0.25) is 0 Å². The summed E-state index contributed by atoms with van der Waals surface area (Å²) in [6.07, 6.45) is 0. The Hall–Kier alpha value is -0.800. The molecule has 0 radical (unpaired) electrons. The summed E-state index contributed by atoms with van der Waals surface area (Å²) in [5.41, 5.74) is 1.15. The number of halogens is 2. The van der Waals surface area contributed by atoms with Crippen molar-refractivity contribution in [2.45, 2.75) is 26.3 Å². The molecule has 17 heavy (non-hydrogen) atoms. The molecule has 0 aliphatic heterocycles. The first-order valence-electron chi connectivity index (χ1n) is 5.63. The fourth-order valence-corrected chi connectivity index (χ4v) is 2.12. The molecular weight excluding hydrogens is 239 g/mol. The molecule has 1 aromatic carbocycles. The maximum absolute atomic E-state index is 13.6. The Morgan fingerprint density at radius 3 is 2.53 bits per heavy atom. The quantitative estimate of drug-likeness (QED) is 0.892. The van der Waals surface area contributed by atoms with Crippen molar-refractivity contribution in [3.05, 3.63) is 28.5 Å². The molecule has 4 heteroatoms. The largest absolute Gasteiger partial charge is 0.367 e. The number of nitrogens with zero attached hydrogens (tertiary/aromatic N) is 1. The lowest BCUT2D eigenvalue weighted by Gasteiger charge is -2.38. The van der Waals surface area contributed by atoms with Crippen LogP contribution in [0.25, 0.3) is 0 Å². The van der Waals surface area contributed by atoms with Gasteiger partial charge in [-0.1, -0.05) is 11.6 Å². The zero-order valence-electron chi connectivity index (χ0n) is 11.1. The first-order valence-corrected chi connectivity index (χ1v) is 6.01. The molecule has 1 rings (SSSR count). The first-order chi connectivity index (χ1) is 7.79. The van der Waals surface area contributed by atoms with Crippen LogP contribution in [0, 0.1) is 12.7 Å². The van der Waals surface area contributed by atoms with E-state index in [2.05, 4.69) is 19.2 Å². The summed E-state index contributed by atoms with van der Waals surface area (Å²) in [5, 5.41) is 3.70. The van der Waals surface area contributed by atoms with Crippen molar-refractivity contribution in [2.24, 2.45) is 0 Å². The third-order valence-electron chi connectivity index (χ3n) is 3.11. The van der Waals surface area contributed by atoms with Crippen LogP contribution in [0.4, 0.5) is 10.1 Å². The molecule has 0 unspecified atom stereocenters. The highest BCUT2D eigenvalue weighted by Crippen LogP contribution is 2.31. The highest BCUT2D eigenvalue weighted by molar-refractivity contribution is 6.33. The Morgan fingerprint density at radius 1 is 1.41 bits per heavy atom. The molecule has 2 nitrogen and oxygen atoms in total. The summed E-state index contributed by atoms with van der Waals surface area (Å²) >= 11 is 6.17. The van der Waals surface area contributed by atoms with Gasteiger partial charge in [-0.25, -0.2) is 4.39 Å². The summed E-state index contributed by atoms with van der Waals surface area (Å²) in [5.74, 6) is -0.225. The van der Waals surface area contributed by atoms with Crippen LogP contribution in [0.2, 0.25) is 5.02 Å². The van der Waals surface area contributed by atoms with Crippen LogP contribution in [0.15, 0.2) is 12.1 Å². The molecule has 0 saturated carbocycles. The van der Waals surface area contributed by atoms with Crippen molar-refractivity contribution in [1.29, 1.82) is 0 Å². The van der Waals surface area contributed by atoms with Gasteiger partial charge in [0.15, 0.2) is 0 Å². The predicted molar refractivity (Wildman–Crippen MR) is 72.6 cm³/mol. The number of nitrogens with one attached hydrogen (secondary N) is 1. The third-order valence-corrected chi connectivity index (χ3v) is 3.41. The third kappa shape index (κ3) is 3.11. The molecule has 0 amide bonds. The van der Waals surface area contributed by atoms with Crippen molar-refractivity contribution < 1.29 is 4.39 Å². The van der Waals surface area contributed by atoms with Crippen LogP contribution in [-0.4, -0.2) is 26.2 Å². The minimum absolute atomic E-state index is 0.139.